The predicted octanol–water partition coefficient (Wildman–Crippen LogP) is 2.63. The number of carbonyl (C=O) groups is 1. The summed E-state index contributed by atoms with van der Waals surface area (Å²) in [7, 11) is 1.99. The van der Waals surface area contributed by atoms with Crippen molar-refractivity contribution in [1.82, 2.24) is 10.2 Å². The van der Waals surface area contributed by atoms with Crippen LogP contribution in [0.2, 0.25) is 0 Å². The summed E-state index contributed by atoms with van der Waals surface area (Å²) >= 11 is 3.53. The molecular weight excluding hydrogens is 306 g/mol. The van der Waals surface area contributed by atoms with Gasteiger partial charge in [0.1, 0.15) is 22.5 Å². The number of halogens is 1. The van der Waals surface area contributed by atoms with Crippen molar-refractivity contribution in [3.05, 3.63) is 22.8 Å². The van der Waals surface area contributed by atoms with E-state index in [4.69, 9.17) is 0 Å². The SMILES string of the molecule is C=CCC1=C(Br)N=C2C(C(=O)NC(CC)N2C)C1C. The van der Waals surface area contributed by atoms with Crippen LogP contribution in [0.5, 0.6) is 0 Å². The molecule has 5 heteroatoms. The van der Waals surface area contributed by atoms with E-state index in [2.05, 4.69) is 51.6 Å². The highest BCUT2D eigenvalue weighted by molar-refractivity contribution is 9.11. The third-order valence-corrected chi connectivity index (χ3v) is 4.66. The first-order valence-electron chi connectivity index (χ1n) is 6.62. The van der Waals surface area contributed by atoms with Crippen LogP contribution in [0.4, 0.5) is 0 Å². The highest BCUT2D eigenvalue weighted by Gasteiger charge is 2.43. The Balaban J connectivity index is 2.43. The van der Waals surface area contributed by atoms with Crippen LogP contribution in [0.1, 0.15) is 26.7 Å². The second-order valence-electron chi connectivity index (χ2n) is 5.09. The van der Waals surface area contributed by atoms with Gasteiger partial charge in [0.25, 0.3) is 0 Å². The quantitative estimate of drug-likeness (QED) is 0.640. The van der Waals surface area contributed by atoms with Gasteiger partial charge in [-0.25, -0.2) is 4.99 Å². The molecule has 4 nitrogen and oxygen atoms in total. The van der Waals surface area contributed by atoms with Crippen LogP contribution in [0.15, 0.2) is 27.8 Å². The lowest BCUT2D eigenvalue weighted by molar-refractivity contribution is -0.127. The Morgan fingerprint density at radius 2 is 2.26 bits per heavy atom. The molecule has 3 unspecified atom stereocenters. The molecule has 0 bridgehead atoms. The van der Waals surface area contributed by atoms with Crippen LogP contribution in [-0.4, -0.2) is 29.9 Å². The molecule has 1 fully saturated rings. The van der Waals surface area contributed by atoms with Crippen molar-refractivity contribution in [2.75, 3.05) is 7.05 Å². The van der Waals surface area contributed by atoms with Crippen LogP contribution in [0.3, 0.4) is 0 Å². The van der Waals surface area contributed by atoms with Crippen LogP contribution < -0.4 is 5.32 Å². The Morgan fingerprint density at radius 3 is 2.84 bits per heavy atom. The normalized spacial score (nSPS) is 30.7. The zero-order chi connectivity index (χ0) is 14.2. The number of aliphatic imine (C=N–C) groups is 1. The molecule has 19 heavy (non-hydrogen) atoms. The minimum absolute atomic E-state index is 0.0379. The average Bonchev–Trinajstić information content (AvgIpc) is 2.38. The molecule has 1 N–H and O–H groups in total. The van der Waals surface area contributed by atoms with E-state index < -0.39 is 0 Å². The molecule has 104 valence electrons. The van der Waals surface area contributed by atoms with Gasteiger partial charge in [-0.3, -0.25) is 4.79 Å². The summed E-state index contributed by atoms with van der Waals surface area (Å²) in [6, 6.07) is 0. The molecule has 2 heterocycles. The third kappa shape index (κ3) is 2.36. The summed E-state index contributed by atoms with van der Waals surface area (Å²) in [6.07, 6.45) is 3.51. The molecule has 0 aliphatic carbocycles. The molecule has 3 atom stereocenters. The second kappa shape index (κ2) is 5.49. The monoisotopic (exact) mass is 325 g/mol. The van der Waals surface area contributed by atoms with Crippen molar-refractivity contribution >= 4 is 27.7 Å². The fourth-order valence-corrected chi connectivity index (χ4v) is 3.51. The lowest BCUT2D eigenvalue weighted by atomic mass is 9.81. The van der Waals surface area contributed by atoms with Gasteiger partial charge in [0.2, 0.25) is 5.91 Å². The van der Waals surface area contributed by atoms with E-state index >= 15 is 0 Å². The van der Waals surface area contributed by atoms with Crippen molar-refractivity contribution in [3.63, 3.8) is 0 Å². The molecule has 1 saturated heterocycles. The number of hydrogen-bond acceptors (Lipinski definition) is 3. The highest BCUT2D eigenvalue weighted by Crippen LogP contribution is 2.37. The molecule has 0 aromatic heterocycles. The highest BCUT2D eigenvalue weighted by atomic mass is 79.9. The van der Waals surface area contributed by atoms with Gasteiger partial charge < -0.3 is 10.2 Å². The number of allylic oxidation sites excluding steroid dienone is 2. The number of carbonyl (C=O) groups excluding carboxylic acids is 1. The number of hydrogen-bond donors (Lipinski definition) is 1. The summed E-state index contributed by atoms with van der Waals surface area (Å²) in [5.74, 6) is 0.893. The fraction of sp³-hybridized carbons (Fsp3) is 0.571. The van der Waals surface area contributed by atoms with Gasteiger partial charge in [0, 0.05) is 7.05 Å². The van der Waals surface area contributed by atoms with Crippen molar-refractivity contribution in [2.45, 2.75) is 32.9 Å². The zero-order valence-electron chi connectivity index (χ0n) is 11.6. The molecule has 0 aromatic rings. The van der Waals surface area contributed by atoms with Gasteiger partial charge in [-0.2, -0.15) is 0 Å². The summed E-state index contributed by atoms with van der Waals surface area (Å²) in [5.41, 5.74) is 1.14. The maximum absolute atomic E-state index is 12.3. The van der Waals surface area contributed by atoms with Gasteiger partial charge in [0.05, 0.1) is 0 Å². The van der Waals surface area contributed by atoms with Crippen molar-refractivity contribution < 1.29 is 4.79 Å². The minimum atomic E-state index is -0.191. The maximum atomic E-state index is 12.3. The van der Waals surface area contributed by atoms with Crippen LogP contribution in [-0.2, 0) is 4.79 Å². The Labute approximate surface area is 122 Å². The van der Waals surface area contributed by atoms with Crippen LogP contribution >= 0.6 is 15.9 Å². The topological polar surface area (TPSA) is 44.7 Å². The largest absolute Gasteiger partial charge is 0.342 e. The van der Waals surface area contributed by atoms with E-state index in [1.54, 1.807) is 0 Å². The number of amidine groups is 1. The molecule has 2 rings (SSSR count). The summed E-state index contributed by atoms with van der Waals surface area (Å²) in [6.45, 7) is 7.91. The Kier molecular flexibility index (Phi) is 4.13. The second-order valence-corrected chi connectivity index (χ2v) is 5.84. The lowest BCUT2D eigenvalue weighted by Crippen LogP contribution is -2.61. The summed E-state index contributed by atoms with van der Waals surface area (Å²) < 4.78 is 0.850. The van der Waals surface area contributed by atoms with E-state index in [0.29, 0.717) is 0 Å². The molecule has 0 saturated carbocycles. The first kappa shape index (κ1) is 14.3. The van der Waals surface area contributed by atoms with E-state index in [9.17, 15) is 4.79 Å². The zero-order valence-corrected chi connectivity index (χ0v) is 13.2. The Hall–Kier alpha value is -1.10. The summed E-state index contributed by atoms with van der Waals surface area (Å²) in [5, 5.41) is 3.07. The number of amides is 1. The van der Waals surface area contributed by atoms with Crippen molar-refractivity contribution in [2.24, 2.45) is 16.8 Å². The van der Waals surface area contributed by atoms with Gasteiger partial charge >= 0.3 is 0 Å². The van der Waals surface area contributed by atoms with E-state index in [-0.39, 0.29) is 23.9 Å². The third-order valence-electron chi connectivity index (χ3n) is 3.98. The van der Waals surface area contributed by atoms with Gasteiger partial charge in [0.15, 0.2) is 0 Å². The van der Waals surface area contributed by atoms with Crippen molar-refractivity contribution in [1.29, 1.82) is 0 Å². The standard InChI is InChI=1S/C14H20BrN3O/c1-5-7-9-8(3)11-13(17-12(9)15)18(4)10(6-2)16-14(11)19/h5,8,10-11H,1,6-7H2,2-4H3,(H,16,19). The van der Waals surface area contributed by atoms with Crippen LogP contribution in [0, 0.1) is 11.8 Å². The van der Waals surface area contributed by atoms with Gasteiger partial charge in [-0.1, -0.05) is 19.9 Å². The molecule has 0 radical (unpaired) electrons. The van der Waals surface area contributed by atoms with E-state index in [1.807, 2.05) is 13.1 Å². The molecule has 2 aliphatic rings. The first-order chi connectivity index (χ1) is 9.01. The van der Waals surface area contributed by atoms with Crippen LogP contribution in [0.25, 0.3) is 0 Å². The number of rotatable bonds is 3. The minimum Gasteiger partial charge on any atom is -0.342 e. The van der Waals surface area contributed by atoms with Gasteiger partial charge in [-0.15, -0.1) is 6.58 Å². The Morgan fingerprint density at radius 1 is 1.58 bits per heavy atom. The molecule has 2 aliphatic heterocycles. The smallest absolute Gasteiger partial charge is 0.232 e. The predicted molar refractivity (Wildman–Crippen MR) is 80.8 cm³/mol. The number of fused-ring (bicyclic) bond motifs is 1. The summed E-state index contributed by atoms with van der Waals surface area (Å²) in [4.78, 5) is 19.0. The Bertz CT molecular complexity index is 469. The first-order valence-corrected chi connectivity index (χ1v) is 7.41. The molecule has 0 spiro atoms. The molecule has 1 amide bonds. The van der Waals surface area contributed by atoms with E-state index in [0.717, 1.165) is 28.9 Å². The molecular formula is C14H20BrN3O. The van der Waals surface area contributed by atoms with Crippen molar-refractivity contribution in [3.8, 4) is 0 Å². The van der Waals surface area contributed by atoms with E-state index in [1.165, 1.54) is 0 Å². The number of nitrogens with zero attached hydrogens (tertiary/aromatic N) is 2. The van der Waals surface area contributed by atoms with Gasteiger partial charge in [-0.05, 0) is 40.3 Å². The maximum Gasteiger partial charge on any atom is 0.232 e. The number of nitrogens with one attached hydrogen (secondary N) is 1. The average molecular weight is 326 g/mol. The lowest BCUT2D eigenvalue weighted by Gasteiger charge is -2.43. The molecule has 0 aromatic carbocycles. The fourth-order valence-electron chi connectivity index (χ4n) is 2.81.